The van der Waals surface area contributed by atoms with Gasteiger partial charge in [-0.2, -0.15) is 0 Å². The van der Waals surface area contributed by atoms with Crippen LogP contribution in [0, 0.1) is 0 Å². The highest BCUT2D eigenvalue weighted by Crippen LogP contribution is 2.24. The van der Waals surface area contributed by atoms with Gasteiger partial charge in [0.25, 0.3) is 0 Å². The minimum Gasteiger partial charge on any atom is -0.365 e. The number of hydrogen-bond acceptors (Lipinski definition) is 6. The van der Waals surface area contributed by atoms with Crippen LogP contribution in [0.15, 0.2) is 54.8 Å². The Kier molecular flexibility index (Phi) is 3.24. The zero-order chi connectivity index (χ0) is 14.8. The number of hydrogen-bond donors (Lipinski definition) is 1. The molecule has 22 heavy (non-hydrogen) atoms. The monoisotopic (exact) mass is 308 g/mol. The molecule has 7 heteroatoms. The van der Waals surface area contributed by atoms with Crippen LogP contribution in [-0.4, -0.2) is 24.5 Å². The van der Waals surface area contributed by atoms with Crippen LogP contribution in [0.1, 0.15) is 5.56 Å². The lowest BCUT2D eigenvalue weighted by molar-refractivity contribution is 0.977. The maximum absolute atomic E-state index is 4.35. The van der Waals surface area contributed by atoms with Gasteiger partial charge in [0.05, 0.1) is 5.39 Å². The van der Waals surface area contributed by atoms with E-state index in [1.54, 1.807) is 36.4 Å². The lowest BCUT2D eigenvalue weighted by atomic mass is 10.2. The Labute approximate surface area is 130 Å². The summed E-state index contributed by atoms with van der Waals surface area (Å²) in [5.74, 6) is 1.70. The molecule has 0 spiro atoms. The fourth-order valence-corrected chi connectivity index (χ4v) is 2.96. The standard InChI is InChI=1S/C15H12N6S/c1-3-17-13(21-5-4-16-10-21)7-11(1)8-18-14-12-2-6-22-15(12)20-9-19-14/h1-7,9-10H,8H2,(H,18,19,20). The molecule has 4 aromatic heterocycles. The molecule has 1 N–H and O–H groups in total. The summed E-state index contributed by atoms with van der Waals surface area (Å²) in [6.45, 7) is 0.673. The molecule has 0 radical (unpaired) electrons. The summed E-state index contributed by atoms with van der Waals surface area (Å²) in [4.78, 5) is 18.0. The summed E-state index contributed by atoms with van der Waals surface area (Å²) in [5.41, 5.74) is 1.13. The van der Waals surface area contributed by atoms with Gasteiger partial charge in [0.1, 0.15) is 29.1 Å². The van der Waals surface area contributed by atoms with E-state index in [4.69, 9.17) is 0 Å². The van der Waals surface area contributed by atoms with Gasteiger partial charge in [0.2, 0.25) is 0 Å². The van der Waals surface area contributed by atoms with Gasteiger partial charge in [-0.05, 0) is 29.1 Å². The summed E-state index contributed by atoms with van der Waals surface area (Å²) in [6, 6.07) is 6.05. The zero-order valence-electron chi connectivity index (χ0n) is 11.5. The topological polar surface area (TPSA) is 68.5 Å². The van der Waals surface area contributed by atoms with Crippen LogP contribution in [0.3, 0.4) is 0 Å². The predicted octanol–water partition coefficient (Wildman–Crippen LogP) is 2.88. The Morgan fingerprint density at radius 2 is 2.14 bits per heavy atom. The average Bonchev–Trinajstić information content (AvgIpc) is 3.24. The van der Waals surface area contributed by atoms with Gasteiger partial charge in [-0.15, -0.1) is 11.3 Å². The second-order valence-electron chi connectivity index (χ2n) is 4.71. The molecule has 0 aliphatic carbocycles. The van der Waals surface area contributed by atoms with Crippen molar-refractivity contribution in [2.45, 2.75) is 6.54 Å². The SMILES string of the molecule is c1cn(-c2cc(CNc3ncnc4sccc34)ccn2)cn1. The van der Waals surface area contributed by atoms with Gasteiger partial charge in [-0.3, -0.25) is 4.57 Å². The van der Waals surface area contributed by atoms with Crippen molar-refractivity contribution in [2.24, 2.45) is 0 Å². The third-order valence-corrected chi connectivity index (χ3v) is 4.12. The van der Waals surface area contributed by atoms with Crippen LogP contribution in [0.2, 0.25) is 0 Å². The molecule has 4 rings (SSSR count). The Morgan fingerprint density at radius 1 is 1.14 bits per heavy atom. The molecule has 108 valence electrons. The summed E-state index contributed by atoms with van der Waals surface area (Å²) in [7, 11) is 0. The molecule has 0 unspecified atom stereocenters. The molecule has 0 amide bonds. The molecule has 0 saturated carbocycles. The minimum absolute atomic E-state index is 0.673. The first-order valence-corrected chi connectivity index (χ1v) is 7.63. The van der Waals surface area contributed by atoms with Crippen molar-refractivity contribution >= 4 is 27.4 Å². The molecule has 0 bridgehead atoms. The van der Waals surface area contributed by atoms with Crippen LogP contribution in [0.5, 0.6) is 0 Å². The lowest BCUT2D eigenvalue weighted by Gasteiger charge is -2.08. The molecular formula is C15H12N6S. The molecule has 0 fully saturated rings. The first-order valence-electron chi connectivity index (χ1n) is 6.75. The van der Waals surface area contributed by atoms with E-state index in [0.717, 1.165) is 27.4 Å². The van der Waals surface area contributed by atoms with Crippen LogP contribution < -0.4 is 5.32 Å². The number of nitrogens with one attached hydrogen (secondary N) is 1. The average molecular weight is 308 g/mol. The smallest absolute Gasteiger partial charge is 0.138 e. The van der Waals surface area contributed by atoms with Crippen molar-refractivity contribution in [2.75, 3.05) is 5.32 Å². The Hall–Kier alpha value is -2.80. The van der Waals surface area contributed by atoms with Crippen molar-refractivity contribution < 1.29 is 0 Å². The second kappa shape index (κ2) is 5.53. The maximum atomic E-state index is 4.35. The van der Waals surface area contributed by atoms with Crippen LogP contribution in [0.25, 0.3) is 16.0 Å². The quantitative estimate of drug-likeness (QED) is 0.628. The first kappa shape index (κ1) is 12.9. The fraction of sp³-hybridized carbons (Fsp3) is 0.0667. The summed E-state index contributed by atoms with van der Waals surface area (Å²) >= 11 is 1.61. The van der Waals surface area contributed by atoms with E-state index in [1.807, 2.05) is 34.3 Å². The van der Waals surface area contributed by atoms with Crippen LogP contribution in [-0.2, 0) is 6.54 Å². The number of thiophene rings is 1. The molecule has 6 nitrogen and oxygen atoms in total. The second-order valence-corrected chi connectivity index (χ2v) is 5.60. The number of imidazole rings is 1. The van der Waals surface area contributed by atoms with Crippen molar-refractivity contribution in [3.63, 3.8) is 0 Å². The van der Waals surface area contributed by atoms with E-state index in [0.29, 0.717) is 6.54 Å². The van der Waals surface area contributed by atoms with E-state index in [1.165, 1.54) is 0 Å². The van der Waals surface area contributed by atoms with E-state index in [9.17, 15) is 0 Å². The van der Waals surface area contributed by atoms with E-state index in [2.05, 4.69) is 25.3 Å². The Bertz CT molecular complexity index is 899. The number of aromatic nitrogens is 5. The van der Waals surface area contributed by atoms with Gasteiger partial charge in [0.15, 0.2) is 0 Å². The lowest BCUT2D eigenvalue weighted by Crippen LogP contribution is -2.03. The number of pyridine rings is 1. The van der Waals surface area contributed by atoms with Gasteiger partial charge in [-0.1, -0.05) is 0 Å². The Morgan fingerprint density at radius 3 is 3.05 bits per heavy atom. The third kappa shape index (κ3) is 2.42. The molecule has 0 atom stereocenters. The highest BCUT2D eigenvalue weighted by atomic mass is 32.1. The van der Waals surface area contributed by atoms with Crippen molar-refractivity contribution in [1.82, 2.24) is 24.5 Å². The summed E-state index contributed by atoms with van der Waals surface area (Å²) in [5, 5.41) is 6.44. The molecule has 0 aliphatic heterocycles. The van der Waals surface area contributed by atoms with Gasteiger partial charge in [-0.25, -0.2) is 19.9 Å². The summed E-state index contributed by atoms with van der Waals surface area (Å²) in [6.07, 6.45) is 8.73. The van der Waals surface area contributed by atoms with Crippen LogP contribution in [0.4, 0.5) is 5.82 Å². The molecule has 0 aromatic carbocycles. The third-order valence-electron chi connectivity index (χ3n) is 3.30. The van der Waals surface area contributed by atoms with Crippen molar-refractivity contribution in [3.8, 4) is 5.82 Å². The number of fused-ring (bicyclic) bond motifs is 1. The number of anilines is 1. The van der Waals surface area contributed by atoms with Crippen molar-refractivity contribution in [3.05, 3.63) is 60.4 Å². The highest BCUT2D eigenvalue weighted by Gasteiger charge is 2.05. The molecule has 0 saturated heterocycles. The van der Waals surface area contributed by atoms with E-state index < -0.39 is 0 Å². The first-order chi connectivity index (χ1) is 10.9. The molecule has 0 aliphatic rings. The zero-order valence-corrected chi connectivity index (χ0v) is 12.4. The van der Waals surface area contributed by atoms with Gasteiger partial charge in [0, 0.05) is 25.1 Å². The van der Waals surface area contributed by atoms with Crippen LogP contribution >= 0.6 is 11.3 Å². The van der Waals surface area contributed by atoms with Crippen molar-refractivity contribution in [1.29, 1.82) is 0 Å². The van der Waals surface area contributed by atoms with E-state index in [-0.39, 0.29) is 0 Å². The van der Waals surface area contributed by atoms with Gasteiger partial charge >= 0.3 is 0 Å². The summed E-state index contributed by atoms with van der Waals surface area (Å²) < 4.78 is 1.88. The number of rotatable bonds is 4. The number of nitrogens with zero attached hydrogens (tertiary/aromatic N) is 5. The maximum Gasteiger partial charge on any atom is 0.138 e. The largest absolute Gasteiger partial charge is 0.365 e. The molecule has 4 heterocycles. The minimum atomic E-state index is 0.673. The van der Waals surface area contributed by atoms with Gasteiger partial charge < -0.3 is 5.32 Å². The predicted molar refractivity (Wildman–Crippen MR) is 86.1 cm³/mol. The normalized spacial score (nSPS) is 10.9. The highest BCUT2D eigenvalue weighted by molar-refractivity contribution is 7.16. The van der Waals surface area contributed by atoms with E-state index >= 15 is 0 Å². The molecule has 4 aromatic rings. The Balaban J connectivity index is 1.57. The fourth-order valence-electron chi connectivity index (χ4n) is 2.22. The molecular weight excluding hydrogens is 296 g/mol.